The number of ether oxygens (including phenoxy) is 1. The second-order valence-electron chi connectivity index (χ2n) is 6.49. The Hall–Kier alpha value is -2.93. The van der Waals surface area contributed by atoms with Gasteiger partial charge < -0.3 is 15.0 Å². The number of hydrogen-bond donors (Lipinski definition) is 1. The van der Waals surface area contributed by atoms with Gasteiger partial charge in [0.15, 0.2) is 0 Å². The first-order valence-electron chi connectivity index (χ1n) is 8.88. The standard InChI is InChI=1S/C21H18BrN3O3/c1-28-18-9-8-16(13-5-4-11-23-19(13)18)24-20(26)14-10-12-25(21(14)27)17-7-3-2-6-15(17)22/h2-9,11,14H,10,12H2,1H3,(H,24,26). The van der Waals surface area contributed by atoms with Crippen LogP contribution in [0.25, 0.3) is 10.9 Å². The highest BCUT2D eigenvalue weighted by molar-refractivity contribution is 9.10. The maximum atomic E-state index is 12.9. The van der Waals surface area contributed by atoms with E-state index in [1.807, 2.05) is 30.3 Å². The van der Waals surface area contributed by atoms with Gasteiger partial charge in [0.25, 0.3) is 0 Å². The molecule has 2 aromatic carbocycles. The van der Waals surface area contributed by atoms with Crippen LogP contribution in [0, 0.1) is 5.92 Å². The van der Waals surface area contributed by atoms with Crippen molar-refractivity contribution in [1.82, 2.24) is 4.98 Å². The number of pyridine rings is 1. The Morgan fingerprint density at radius 1 is 1.21 bits per heavy atom. The summed E-state index contributed by atoms with van der Waals surface area (Å²) in [7, 11) is 1.58. The maximum Gasteiger partial charge on any atom is 0.239 e. The van der Waals surface area contributed by atoms with E-state index >= 15 is 0 Å². The molecule has 142 valence electrons. The SMILES string of the molecule is COc1ccc(NC(=O)C2CCN(c3ccccc3Br)C2=O)c2cccnc12. The third-order valence-corrected chi connectivity index (χ3v) is 5.55. The van der Waals surface area contributed by atoms with E-state index in [0.29, 0.717) is 29.9 Å². The number of hydrogen-bond acceptors (Lipinski definition) is 4. The number of rotatable bonds is 4. The van der Waals surface area contributed by atoms with E-state index < -0.39 is 5.92 Å². The summed E-state index contributed by atoms with van der Waals surface area (Å²) in [5.41, 5.74) is 2.05. The Morgan fingerprint density at radius 3 is 2.82 bits per heavy atom. The van der Waals surface area contributed by atoms with Gasteiger partial charge in [0, 0.05) is 22.6 Å². The van der Waals surface area contributed by atoms with Crippen molar-refractivity contribution >= 4 is 50.0 Å². The lowest BCUT2D eigenvalue weighted by atomic mass is 10.1. The number of amides is 2. The van der Waals surface area contributed by atoms with Crippen LogP contribution in [0.4, 0.5) is 11.4 Å². The second-order valence-corrected chi connectivity index (χ2v) is 7.34. The Morgan fingerprint density at radius 2 is 2.04 bits per heavy atom. The van der Waals surface area contributed by atoms with Gasteiger partial charge in [0.2, 0.25) is 11.8 Å². The number of fused-ring (bicyclic) bond motifs is 1. The van der Waals surface area contributed by atoms with Crippen molar-refractivity contribution in [1.29, 1.82) is 0 Å². The largest absolute Gasteiger partial charge is 0.494 e. The molecule has 2 amide bonds. The van der Waals surface area contributed by atoms with Crippen LogP contribution in [-0.4, -0.2) is 30.5 Å². The number of halogens is 1. The molecule has 1 N–H and O–H groups in total. The van der Waals surface area contributed by atoms with E-state index in [-0.39, 0.29) is 11.8 Å². The smallest absolute Gasteiger partial charge is 0.239 e. The fourth-order valence-electron chi connectivity index (χ4n) is 3.47. The monoisotopic (exact) mass is 439 g/mol. The van der Waals surface area contributed by atoms with Crippen LogP contribution in [0.1, 0.15) is 6.42 Å². The summed E-state index contributed by atoms with van der Waals surface area (Å²) < 4.78 is 6.17. The Kier molecular flexibility index (Phi) is 5.00. The molecule has 1 atom stereocenters. The molecular formula is C21H18BrN3O3. The Labute approximate surface area is 170 Å². The van der Waals surface area contributed by atoms with Crippen LogP contribution >= 0.6 is 15.9 Å². The molecule has 1 saturated heterocycles. The van der Waals surface area contributed by atoms with Gasteiger partial charge in [-0.3, -0.25) is 14.6 Å². The average molecular weight is 440 g/mol. The quantitative estimate of drug-likeness (QED) is 0.623. The second kappa shape index (κ2) is 7.59. The Bertz CT molecular complexity index is 1070. The molecule has 1 aliphatic rings. The zero-order valence-electron chi connectivity index (χ0n) is 15.2. The summed E-state index contributed by atoms with van der Waals surface area (Å²) in [6.07, 6.45) is 2.14. The fraction of sp³-hybridized carbons (Fsp3) is 0.190. The molecule has 0 radical (unpaired) electrons. The molecule has 1 fully saturated rings. The number of methoxy groups -OCH3 is 1. The number of anilines is 2. The van der Waals surface area contributed by atoms with Crippen LogP contribution in [0.5, 0.6) is 5.75 Å². The fourth-order valence-corrected chi connectivity index (χ4v) is 3.97. The van der Waals surface area contributed by atoms with Crippen molar-refractivity contribution in [3.05, 3.63) is 59.2 Å². The van der Waals surface area contributed by atoms with Crippen LogP contribution in [0.3, 0.4) is 0 Å². The van der Waals surface area contributed by atoms with Gasteiger partial charge in [0.1, 0.15) is 17.2 Å². The van der Waals surface area contributed by atoms with E-state index in [1.165, 1.54) is 0 Å². The highest BCUT2D eigenvalue weighted by atomic mass is 79.9. The van der Waals surface area contributed by atoms with E-state index in [4.69, 9.17) is 4.74 Å². The minimum Gasteiger partial charge on any atom is -0.494 e. The number of para-hydroxylation sites is 1. The van der Waals surface area contributed by atoms with Crippen molar-refractivity contribution in [2.75, 3.05) is 23.9 Å². The number of nitrogens with zero attached hydrogens (tertiary/aromatic N) is 2. The zero-order valence-corrected chi connectivity index (χ0v) is 16.8. The van der Waals surface area contributed by atoms with Crippen molar-refractivity contribution in [2.45, 2.75) is 6.42 Å². The normalized spacial score (nSPS) is 16.4. The molecule has 28 heavy (non-hydrogen) atoms. The molecule has 0 saturated carbocycles. The highest BCUT2D eigenvalue weighted by Crippen LogP contribution is 2.33. The molecule has 1 aliphatic heterocycles. The summed E-state index contributed by atoms with van der Waals surface area (Å²) in [5, 5.41) is 3.67. The lowest BCUT2D eigenvalue weighted by molar-refractivity contribution is -0.129. The minimum absolute atomic E-state index is 0.194. The molecular weight excluding hydrogens is 422 g/mol. The maximum absolute atomic E-state index is 12.9. The van der Waals surface area contributed by atoms with Crippen LogP contribution in [0.2, 0.25) is 0 Å². The zero-order chi connectivity index (χ0) is 19.7. The van der Waals surface area contributed by atoms with Crippen molar-refractivity contribution < 1.29 is 14.3 Å². The molecule has 0 aliphatic carbocycles. The topological polar surface area (TPSA) is 71.5 Å². The lowest BCUT2D eigenvalue weighted by Crippen LogP contribution is -2.33. The van der Waals surface area contributed by atoms with Gasteiger partial charge in [-0.1, -0.05) is 12.1 Å². The van der Waals surface area contributed by atoms with Gasteiger partial charge >= 0.3 is 0 Å². The van der Waals surface area contributed by atoms with Gasteiger partial charge in [-0.15, -0.1) is 0 Å². The van der Waals surface area contributed by atoms with Crippen molar-refractivity contribution in [2.24, 2.45) is 5.92 Å². The summed E-state index contributed by atoms with van der Waals surface area (Å²) in [6, 6.07) is 14.7. The van der Waals surface area contributed by atoms with E-state index in [9.17, 15) is 9.59 Å². The molecule has 4 rings (SSSR count). The van der Waals surface area contributed by atoms with Gasteiger partial charge in [-0.25, -0.2) is 0 Å². The number of benzene rings is 2. The first-order chi connectivity index (χ1) is 13.6. The number of carbonyl (C=O) groups is 2. The van der Waals surface area contributed by atoms with Gasteiger partial charge in [-0.05, 0) is 58.7 Å². The van der Waals surface area contributed by atoms with Crippen LogP contribution in [0.15, 0.2) is 59.2 Å². The molecule has 7 heteroatoms. The Balaban J connectivity index is 1.58. The predicted octanol–water partition coefficient (Wildman–Crippen LogP) is 4.00. The summed E-state index contributed by atoms with van der Waals surface area (Å²) >= 11 is 3.47. The van der Waals surface area contributed by atoms with E-state index in [1.54, 1.807) is 36.4 Å². The molecule has 2 heterocycles. The first-order valence-corrected chi connectivity index (χ1v) is 9.68. The molecule has 0 bridgehead atoms. The first kappa shape index (κ1) is 18.4. The van der Waals surface area contributed by atoms with Gasteiger partial charge in [-0.2, -0.15) is 0 Å². The summed E-state index contributed by atoms with van der Waals surface area (Å²) in [4.78, 5) is 31.7. The number of aromatic nitrogens is 1. The summed E-state index contributed by atoms with van der Waals surface area (Å²) in [5.74, 6) is -0.596. The molecule has 6 nitrogen and oxygen atoms in total. The van der Waals surface area contributed by atoms with Crippen LogP contribution < -0.4 is 15.0 Å². The van der Waals surface area contributed by atoms with E-state index in [2.05, 4.69) is 26.2 Å². The number of nitrogens with one attached hydrogen (secondary N) is 1. The number of carbonyl (C=O) groups excluding carboxylic acids is 2. The third kappa shape index (κ3) is 3.22. The van der Waals surface area contributed by atoms with Crippen molar-refractivity contribution in [3.63, 3.8) is 0 Å². The third-order valence-electron chi connectivity index (χ3n) is 4.88. The highest BCUT2D eigenvalue weighted by Gasteiger charge is 2.38. The molecule has 3 aromatic rings. The van der Waals surface area contributed by atoms with Crippen molar-refractivity contribution in [3.8, 4) is 5.75 Å². The lowest BCUT2D eigenvalue weighted by Gasteiger charge is -2.18. The molecule has 1 unspecified atom stereocenters. The van der Waals surface area contributed by atoms with Crippen LogP contribution in [-0.2, 0) is 9.59 Å². The minimum atomic E-state index is -0.721. The average Bonchev–Trinajstić information content (AvgIpc) is 3.10. The predicted molar refractivity (Wildman–Crippen MR) is 112 cm³/mol. The molecule has 1 aromatic heterocycles. The molecule has 0 spiro atoms. The summed E-state index contributed by atoms with van der Waals surface area (Å²) in [6.45, 7) is 0.504. The van der Waals surface area contributed by atoms with E-state index in [0.717, 1.165) is 15.5 Å². The van der Waals surface area contributed by atoms with Gasteiger partial charge in [0.05, 0.1) is 18.5 Å².